The third-order valence-electron chi connectivity index (χ3n) is 2.30. The normalized spacial score (nSPS) is 26.4. The molecule has 0 spiro atoms. The number of carbonyl (C=O) groups excluding carboxylic acids is 1. The topological polar surface area (TPSA) is 78.1 Å². The van der Waals surface area contributed by atoms with Gasteiger partial charge in [0.05, 0.1) is 12.8 Å². The van der Waals surface area contributed by atoms with Gasteiger partial charge in [-0.2, -0.15) is 0 Å². The minimum Gasteiger partial charge on any atom is -0.379 e. The van der Waals surface area contributed by atoms with Crippen LogP contribution in [0.2, 0.25) is 0 Å². The number of Topliss-reactive ketones (excluding diaryl/α,β-unsaturated/α-hetero) is 1. The molecule has 2 N–H and O–H groups in total. The van der Waals surface area contributed by atoms with E-state index in [1.54, 1.807) is 0 Å². The molecule has 1 atom stereocenters. The Kier molecular flexibility index (Phi) is 2.26. The molecule has 0 bridgehead atoms. The Bertz CT molecular complexity index is 333. The maximum Gasteiger partial charge on any atom is 0.204 e. The molecular weight excluding hydrogens is 182 g/mol. The molecule has 1 aliphatic heterocycles. The third kappa shape index (κ3) is 1.51. The van der Waals surface area contributed by atoms with Gasteiger partial charge in [0.15, 0.2) is 0 Å². The monoisotopic (exact) mass is 193 g/mol. The van der Waals surface area contributed by atoms with Crippen molar-refractivity contribution >= 4 is 5.78 Å². The van der Waals surface area contributed by atoms with E-state index in [2.05, 4.69) is 9.97 Å². The van der Waals surface area contributed by atoms with Gasteiger partial charge in [-0.05, 0) is 6.42 Å². The summed E-state index contributed by atoms with van der Waals surface area (Å²) >= 11 is 0. The molecule has 2 rings (SSSR count). The first-order valence-corrected chi connectivity index (χ1v) is 4.40. The van der Waals surface area contributed by atoms with Crippen molar-refractivity contribution in [1.29, 1.82) is 0 Å². The van der Waals surface area contributed by atoms with E-state index in [0.717, 1.165) is 0 Å². The van der Waals surface area contributed by atoms with E-state index in [9.17, 15) is 4.79 Å². The highest BCUT2D eigenvalue weighted by Crippen LogP contribution is 2.19. The molecule has 1 aromatic heterocycles. The Balaban J connectivity index is 2.24. The summed E-state index contributed by atoms with van der Waals surface area (Å²) in [7, 11) is 0. The van der Waals surface area contributed by atoms with Gasteiger partial charge in [0.25, 0.3) is 0 Å². The zero-order valence-corrected chi connectivity index (χ0v) is 7.64. The smallest absolute Gasteiger partial charge is 0.204 e. The van der Waals surface area contributed by atoms with E-state index in [1.807, 2.05) is 0 Å². The SMILES string of the molecule is NC1(C(=O)c2cnccn2)CCOC1. The summed E-state index contributed by atoms with van der Waals surface area (Å²) in [6, 6.07) is 0. The van der Waals surface area contributed by atoms with Crippen LogP contribution in [0.5, 0.6) is 0 Å². The van der Waals surface area contributed by atoms with Gasteiger partial charge in [0.1, 0.15) is 11.2 Å². The van der Waals surface area contributed by atoms with E-state index in [1.165, 1.54) is 18.6 Å². The number of rotatable bonds is 2. The summed E-state index contributed by atoms with van der Waals surface area (Å²) < 4.78 is 5.11. The van der Waals surface area contributed by atoms with Crippen LogP contribution in [0.25, 0.3) is 0 Å². The summed E-state index contributed by atoms with van der Waals surface area (Å²) in [5.74, 6) is -0.192. The molecule has 1 saturated heterocycles. The molecule has 0 aromatic carbocycles. The number of hydrogen-bond donors (Lipinski definition) is 1. The second-order valence-electron chi connectivity index (χ2n) is 3.38. The van der Waals surface area contributed by atoms with Gasteiger partial charge in [-0.25, -0.2) is 4.98 Å². The average Bonchev–Trinajstić information content (AvgIpc) is 2.67. The van der Waals surface area contributed by atoms with E-state index >= 15 is 0 Å². The van der Waals surface area contributed by atoms with Crippen LogP contribution < -0.4 is 5.73 Å². The largest absolute Gasteiger partial charge is 0.379 e. The number of ether oxygens (including phenoxy) is 1. The van der Waals surface area contributed by atoms with Crippen molar-refractivity contribution in [3.63, 3.8) is 0 Å². The minimum atomic E-state index is -0.907. The molecule has 5 heteroatoms. The maximum atomic E-state index is 11.9. The summed E-state index contributed by atoms with van der Waals surface area (Å²) in [6.07, 6.45) is 4.97. The molecule has 1 unspecified atom stereocenters. The molecule has 0 aliphatic carbocycles. The molecule has 2 heterocycles. The highest BCUT2D eigenvalue weighted by molar-refractivity contribution is 6.01. The highest BCUT2D eigenvalue weighted by Gasteiger charge is 2.39. The van der Waals surface area contributed by atoms with Gasteiger partial charge in [0.2, 0.25) is 5.78 Å². The lowest BCUT2D eigenvalue weighted by Crippen LogP contribution is -2.48. The number of ketones is 1. The van der Waals surface area contributed by atoms with Crippen LogP contribution in [0, 0.1) is 0 Å². The zero-order chi connectivity index (χ0) is 10.0. The lowest BCUT2D eigenvalue weighted by molar-refractivity contribution is 0.0857. The van der Waals surface area contributed by atoms with Crippen LogP contribution in [0.1, 0.15) is 16.9 Å². The molecule has 1 aliphatic rings. The number of carbonyl (C=O) groups is 1. The van der Waals surface area contributed by atoms with Crippen LogP contribution in [-0.4, -0.2) is 34.5 Å². The van der Waals surface area contributed by atoms with Gasteiger partial charge < -0.3 is 10.5 Å². The van der Waals surface area contributed by atoms with Gasteiger partial charge in [-0.15, -0.1) is 0 Å². The molecule has 5 nitrogen and oxygen atoms in total. The fourth-order valence-corrected chi connectivity index (χ4v) is 1.43. The number of aromatic nitrogens is 2. The van der Waals surface area contributed by atoms with Crippen molar-refractivity contribution in [2.24, 2.45) is 5.73 Å². The summed E-state index contributed by atoms with van der Waals surface area (Å²) in [4.78, 5) is 19.6. The minimum absolute atomic E-state index is 0.192. The fraction of sp³-hybridized carbons (Fsp3) is 0.444. The van der Waals surface area contributed by atoms with Gasteiger partial charge in [-0.3, -0.25) is 9.78 Å². The molecule has 1 fully saturated rings. The summed E-state index contributed by atoms with van der Waals surface area (Å²) in [6.45, 7) is 0.797. The van der Waals surface area contributed by atoms with Gasteiger partial charge >= 0.3 is 0 Å². The number of nitrogens with zero attached hydrogens (tertiary/aromatic N) is 2. The molecule has 14 heavy (non-hydrogen) atoms. The van der Waals surface area contributed by atoms with Crippen molar-refractivity contribution < 1.29 is 9.53 Å². The van der Waals surface area contributed by atoms with Crippen molar-refractivity contribution in [2.45, 2.75) is 12.0 Å². The van der Waals surface area contributed by atoms with Crippen molar-refractivity contribution in [1.82, 2.24) is 9.97 Å². The first-order chi connectivity index (χ1) is 6.72. The molecule has 0 amide bonds. The Morgan fingerprint density at radius 2 is 2.43 bits per heavy atom. The molecule has 0 radical (unpaired) electrons. The van der Waals surface area contributed by atoms with Crippen molar-refractivity contribution in [3.05, 3.63) is 24.3 Å². The second kappa shape index (κ2) is 3.43. The summed E-state index contributed by atoms with van der Waals surface area (Å²) in [5, 5.41) is 0. The van der Waals surface area contributed by atoms with Gasteiger partial charge in [0, 0.05) is 19.0 Å². The lowest BCUT2D eigenvalue weighted by Gasteiger charge is -2.18. The average molecular weight is 193 g/mol. The number of nitrogens with two attached hydrogens (primary N) is 1. The third-order valence-corrected chi connectivity index (χ3v) is 2.30. The molecule has 1 aromatic rings. The van der Waals surface area contributed by atoms with Crippen LogP contribution >= 0.6 is 0 Å². The van der Waals surface area contributed by atoms with E-state index in [4.69, 9.17) is 10.5 Å². The molecule has 0 saturated carbocycles. The quantitative estimate of drug-likeness (QED) is 0.657. The Morgan fingerprint density at radius 1 is 1.57 bits per heavy atom. The standard InChI is InChI=1S/C9H11N3O2/c10-9(1-4-14-6-9)8(13)7-5-11-2-3-12-7/h2-3,5H,1,4,6,10H2. The van der Waals surface area contributed by atoms with Crippen LogP contribution in [0.4, 0.5) is 0 Å². The first kappa shape index (κ1) is 9.23. The van der Waals surface area contributed by atoms with Gasteiger partial charge in [-0.1, -0.05) is 0 Å². The Morgan fingerprint density at radius 3 is 3.00 bits per heavy atom. The summed E-state index contributed by atoms with van der Waals surface area (Å²) in [5.41, 5.74) is 5.29. The zero-order valence-electron chi connectivity index (χ0n) is 7.64. The van der Waals surface area contributed by atoms with Crippen LogP contribution in [0.15, 0.2) is 18.6 Å². The Labute approximate surface area is 81.3 Å². The predicted molar refractivity (Wildman–Crippen MR) is 48.7 cm³/mol. The van der Waals surface area contributed by atoms with E-state index < -0.39 is 5.54 Å². The molecular formula is C9H11N3O2. The van der Waals surface area contributed by atoms with Crippen LogP contribution in [-0.2, 0) is 4.74 Å². The first-order valence-electron chi connectivity index (χ1n) is 4.40. The van der Waals surface area contributed by atoms with Crippen molar-refractivity contribution in [3.8, 4) is 0 Å². The lowest BCUT2D eigenvalue weighted by atomic mass is 9.92. The number of hydrogen-bond acceptors (Lipinski definition) is 5. The van der Waals surface area contributed by atoms with E-state index in [0.29, 0.717) is 18.7 Å². The molecule has 74 valence electrons. The van der Waals surface area contributed by atoms with Crippen molar-refractivity contribution in [2.75, 3.05) is 13.2 Å². The highest BCUT2D eigenvalue weighted by atomic mass is 16.5. The second-order valence-corrected chi connectivity index (χ2v) is 3.38. The van der Waals surface area contributed by atoms with Crippen LogP contribution in [0.3, 0.4) is 0 Å². The Hall–Kier alpha value is -1.33. The fourth-order valence-electron chi connectivity index (χ4n) is 1.43. The predicted octanol–water partition coefficient (Wildman–Crippen LogP) is -0.223. The van der Waals surface area contributed by atoms with E-state index in [-0.39, 0.29) is 12.4 Å². The maximum absolute atomic E-state index is 11.9.